The van der Waals surface area contributed by atoms with Crippen LogP contribution in [0.1, 0.15) is 30.9 Å². The lowest BCUT2D eigenvalue weighted by Crippen LogP contribution is -2.08. The lowest BCUT2D eigenvalue weighted by atomic mass is 10.0. The van der Waals surface area contributed by atoms with Gasteiger partial charge in [0, 0.05) is 16.9 Å². The summed E-state index contributed by atoms with van der Waals surface area (Å²) in [5.41, 5.74) is 9.25. The van der Waals surface area contributed by atoms with Gasteiger partial charge in [-0.2, -0.15) is 0 Å². The van der Waals surface area contributed by atoms with Crippen LogP contribution in [0.25, 0.3) is 0 Å². The van der Waals surface area contributed by atoms with Gasteiger partial charge in [-0.25, -0.2) is 4.39 Å². The second-order valence-corrected chi connectivity index (χ2v) is 5.17. The maximum absolute atomic E-state index is 13.9. The fraction of sp³-hybridized carbons (Fsp3) is 0.294. The molecular weight excluding hydrogens is 251 g/mol. The zero-order valence-electron chi connectivity index (χ0n) is 12.0. The molecule has 0 radical (unpaired) electrons. The third kappa shape index (κ3) is 3.17. The average molecular weight is 272 g/mol. The molecule has 2 aromatic carbocycles. The largest absolute Gasteiger partial charge is 0.355 e. The van der Waals surface area contributed by atoms with E-state index >= 15 is 0 Å². The van der Waals surface area contributed by atoms with Crippen molar-refractivity contribution in [1.29, 1.82) is 0 Å². The van der Waals surface area contributed by atoms with Gasteiger partial charge in [0.1, 0.15) is 5.82 Å². The van der Waals surface area contributed by atoms with Crippen molar-refractivity contribution in [1.82, 2.24) is 0 Å². The van der Waals surface area contributed by atoms with Crippen LogP contribution in [-0.4, -0.2) is 6.54 Å². The van der Waals surface area contributed by atoms with E-state index in [2.05, 4.69) is 25.2 Å². The molecule has 20 heavy (non-hydrogen) atoms. The molecule has 0 heterocycles. The van der Waals surface area contributed by atoms with Crippen LogP contribution < -0.4 is 11.1 Å². The Kier molecular flexibility index (Phi) is 4.74. The normalized spacial score (nSPS) is 10.8. The molecule has 0 amide bonds. The van der Waals surface area contributed by atoms with Gasteiger partial charge in [-0.3, -0.25) is 0 Å². The smallest absolute Gasteiger partial charge is 0.128 e. The Morgan fingerprint density at radius 2 is 1.75 bits per heavy atom. The van der Waals surface area contributed by atoms with E-state index < -0.39 is 0 Å². The lowest BCUT2D eigenvalue weighted by molar-refractivity contribution is 0.610. The van der Waals surface area contributed by atoms with Crippen molar-refractivity contribution in [2.24, 2.45) is 5.73 Å². The van der Waals surface area contributed by atoms with E-state index in [1.807, 2.05) is 24.3 Å². The molecule has 2 rings (SSSR count). The topological polar surface area (TPSA) is 38.0 Å². The molecule has 0 aliphatic heterocycles. The zero-order valence-corrected chi connectivity index (χ0v) is 12.0. The molecule has 2 nitrogen and oxygen atoms in total. The molecule has 0 bridgehead atoms. The van der Waals surface area contributed by atoms with Crippen molar-refractivity contribution in [3.8, 4) is 0 Å². The summed E-state index contributed by atoms with van der Waals surface area (Å²) in [7, 11) is 0. The van der Waals surface area contributed by atoms with Crippen molar-refractivity contribution < 1.29 is 4.39 Å². The van der Waals surface area contributed by atoms with Gasteiger partial charge in [0.15, 0.2) is 0 Å². The SMILES string of the molecule is CC(C)c1ccccc1Nc1cccc(F)c1CCN. The average Bonchev–Trinajstić information content (AvgIpc) is 2.43. The van der Waals surface area contributed by atoms with Gasteiger partial charge in [0.05, 0.1) is 0 Å². The summed E-state index contributed by atoms with van der Waals surface area (Å²) in [4.78, 5) is 0. The first-order chi connectivity index (χ1) is 9.63. The highest BCUT2D eigenvalue weighted by Gasteiger charge is 2.10. The number of benzene rings is 2. The summed E-state index contributed by atoms with van der Waals surface area (Å²) in [5.74, 6) is 0.202. The molecule has 3 heteroatoms. The van der Waals surface area contributed by atoms with E-state index in [1.54, 1.807) is 6.07 Å². The molecule has 0 saturated heterocycles. The molecule has 0 spiro atoms. The molecule has 0 saturated carbocycles. The van der Waals surface area contributed by atoms with Gasteiger partial charge in [0.25, 0.3) is 0 Å². The van der Waals surface area contributed by atoms with E-state index in [1.165, 1.54) is 11.6 Å². The van der Waals surface area contributed by atoms with Gasteiger partial charge < -0.3 is 11.1 Å². The highest BCUT2D eigenvalue weighted by Crippen LogP contribution is 2.29. The van der Waals surface area contributed by atoms with Crippen molar-refractivity contribution >= 4 is 11.4 Å². The van der Waals surface area contributed by atoms with E-state index in [-0.39, 0.29) is 5.82 Å². The van der Waals surface area contributed by atoms with Crippen LogP contribution in [0.3, 0.4) is 0 Å². The maximum Gasteiger partial charge on any atom is 0.128 e. The summed E-state index contributed by atoms with van der Waals surface area (Å²) in [6.07, 6.45) is 0.527. The predicted octanol–water partition coefficient (Wildman–Crippen LogP) is 4.19. The lowest BCUT2D eigenvalue weighted by Gasteiger charge is -2.17. The maximum atomic E-state index is 13.9. The van der Waals surface area contributed by atoms with Gasteiger partial charge in [0.2, 0.25) is 0 Å². The molecule has 0 aromatic heterocycles. The standard InChI is InChI=1S/C17H21FN2/c1-12(2)13-6-3-4-8-16(13)20-17-9-5-7-15(18)14(17)10-11-19/h3-9,12,20H,10-11,19H2,1-2H3. The predicted molar refractivity (Wildman–Crippen MR) is 83.0 cm³/mol. The molecule has 3 N–H and O–H groups in total. The number of halogens is 1. The van der Waals surface area contributed by atoms with E-state index in [4.69, 9.17) is 5.73 Å². The fourth-order valence-corrected chi connectivity index (χ4v) is 2.33. The summed E-state index contributed by atoms with van der Waals surface area (Å²) in [5, 5.41) is 3.35. The minimum absolute atomic E-state index is 0.206. The van der Waals surface area contributed by atoms with E-state index in [0.29, 0.717) is 24.4 Å². The van der Waals surface area contributed by atoms with Crippen LogP contribution in [0.15, 0.2) is 42.5 Å². The Balaban J connectivity index is 2.38. The van der Waals surface area contributed by atoms with Crippen LogP contribution in [0.5, 0.6) is 0 Å². The van der Waals surface area contributed by atoms with Crippen molar-refractivity contribution in [3.63, 3.8) is 0 Å². The second kappa shape index (κ2) is 6.53. The van der Waals surface area contributed by atoms with E-state index in [0.717, 1.165) is 11.4 Å². The quantitative estimate of drug-likeness (QED) is 0.856. The molecule has 0 aliphatic carbocycles. The van der Waals surface area contributed by atoms with Crippen molar-refractivity contribution in [3.05, 3.63) is 59.4 Å². The van der Waals surface area contributed by atoms with Gasteiger partial charge in [-0.05, 0) is 42.6 Å². The monoisotopic (exact) mass is 272 g/mol. The fourth-order valence-electron chi connectivity index (χ4n) is 2.33. The van der Waals surface area contributed by atoms with Crippen LogP contribution in [-0.2, 0) is 6.42 Å². The molecule has 0 fully saturated rings. The minimum atomic E-state index is -0.206. The Morgan fingerprint density at radius 3 is 2.45 bits per heavy atom. The number of hydrogen-bond donors (Lipinski definition) is 2. The first-order valence-electron chi connectivity index (χ1n) is 6.97. The number of nitrogens with one attached hydrogen (secondary N) is 1. The highest BCUT2D eigenvalue weighted by atomic mass is 19.1. The summed E-state index contributed by atoms with van der Waals surface area (Å²) in [6, 6.07) is 13.2. The second-order valence-electron chi connectivity index (χ2n) is 5.17. The highest BCUT2D eigenvalue weighted by molar-refractivity contribution is 5.66. The van der Waals surface area contributed by atoms with Gasteiger partial charge in [-0.1, -0.05) is 38.1 Å². The Bertz CT molecular complexity index is 579. The third-order valence-corrected chi connectivity index (χ3v) is 3.37. The summed E-state index contributed by atoms with van der Waals surface area (Å²) in [6.45, 7) is 4.72. The van der Waals surface area contributed by atoms with Crippen LogP contribution in [0, 0.1) is 5.82 Å². The molecule has 0 unspecified atom stereocenters. The summed E-state index contributed by atoms with van der Waals surface area (Å²) < 4.78 is 13.9. The third-order valence-electron chi connectivity index (χ3n) is 3.37. The first kappa shape index (κ1) is 14.5. The Labute approximate surface area is 119 Å². The van der Waals surface area contributed by atoms with Gasteiger partial charge in [-0.15, -0.1) is 0 Å². The Hall–Kier alpha value is -1.87. The molecular formula is C17H21FN2. The van der Waals surface area contributed by atoms with Gasteiger partial charge >= 0.3 is 0 Å². The number of rotatable bonds is 5. The first-order valence-corrected chi connectivity index (χ1v) is 6.97. The molecule has 2 aromatic rings. The number of anilines is 2. The number of nitrogens with two attached hydrogens (primary N) is 1. The summed E-state index contributed by atoms with van der Waals surface area (Å²) >= 11 is 0. The van der Waals surface area contributed by atoms with Crippen LogP contribution in [0.4, 0.5) is 15.8 Å². The van der Waals surface area contributed by atoms with Crippen LogP contribution in [0.2, 0.25) is 0 Å². The minimum Gasteiger partial charge on any atom is -0.355 e. The molecule has 0 aliphatic rings. The Morgan fingerprint density at radius 1 is 1.05 bits per heavy atom. The van der Waals surface area contributed by atoms with Crippen molar-refractivity contribution in [2.45, 2.75) is 26.2 Å². The zero-order chi connectivity index (χ0) is 14.5. The van der Waals surface area contributed by atoms with E-state index in [9.17, 15) is 4.39 Å². The molecule has 0 atom stereocenters. The van der Waals surface area contributed by atoms with Crippen LogP contribution >= 0.6 is 0 Å². The molecule has 106 valence electrons. The number of hydrogen-bond acceptors (Lipinski definition) is 2. The number of para-hydroxylation sites is 1. The van der Waals surface area contributed by atoms with Crippen molar-refractivity contribution in [2.75, 3.05) is 11.9 Å².